The predicted octanol–water partition coefficient (Wildman–Crippen LogP) is 6.30. The van der Waals surface area contributed by atoms with E-state index in [1.807, 2.05) is 30.3 Å². The van der Waals surface area contributed by atoms with Gasteiger partial charge < -0.3 is 19.7 Å². The van der Waals surface area contributed by atoms with Gasteiger partial charge in [0, 0.05) is 12.4 Å². The molecule has 0 spiro atoms. The van der Waals surface area contributed by atoms with Gasteiger partial charge in [0.1, 0.15) is 15.4 Å². The standard InChI is InChI=1S/C30H45NO6S3/c1-4-6-11-23(5-2)20-36-27(34)25(19-30(3,22-31)14-10-15-32)18-26(40-29(38)39-17-16-33)28(35)37-21-24-12-8-7-9-13-24/h7-9,12-13,23,25-26,32-33H,4-6,10-11,14-21H2,1-3H3. The zero-order chi connectivity index (χ0) is 29.8. The minimum Gasteiger partial charge on any atom is -0.465 e. The fourth-order valence-corrected chi connectivity index (χ4v) is 6.70. The molecule has 0 saturated carbocycles. The molecule has 4 unspecified atom stereocenters. The lowest BCUT2D eigenvalue weighted by Crippen LogP contribution is -2.33. The Morgan fingerprint density at radius 1 is 1.10 bits per heavy atom. The zero-order valence-electron chi connectivity index (χ0n) is 24.0. The van der Waals surface area contributed by atoms with E-state index in [9.17, 15) is 25.1 Å². The van der Waals surface area contributed by atoms with Crippen LogP contribution in [0.15, 0.2) is 30.3 Å². The zero-order valence-corrected chi connectivity index (χ0v) is 26.5. The van der Waals surface area contributed by atoms with Crippen molar-refractivity contribution in [3.63, 3.8) is 0 Å². The van der Waals surface area contributed by atoms with Crippen molar-refractivity contribution in [2.45, 2.75) is 84.0 Å². The molecule has 224 valence electrons. The maximum absolute atomic E-state index is 13.5. The second-order valence-electron chi connectivity index (χ2n) is 10.2. The molecule has 40 heavy (non-hydrogen) atoms. The molecule has 1 rings (SSSR count). The quantitative estimate of drug-likeness (QED) is 0.128. The number of nitrogens with zero attached hydrogens (tertiary/aromatic N) is 1. The van der Waals surface area contributed by atoms with Crippen LogP contribution in [-0.4, -0.2) is 56.5 Å². The van der Waals surface area contributed by atoms with Crippen LogP contribution in [0, 0.1) is 28.6 Å². The van der Waals surface area contributed by atoms with E-state index in [0.29, 0.717) is 28.7 Å². The van der Waals surface area contributed by atoms with Gasteiger partial charge in [-0.2, -0.15) is 5.26 Å². The fourth-order valence-electron chi connectivity index (χ4n) is 4.25. The Hall–Kier alpha value is -1.64. The first-order chi connectivity index (χ1) is 19.2. The van der Waals surface area contributed by atoms with Gasteiger partial charge >= 0.3 is 11.9 Å². The average molecular weight is 612 g/mol. The van der Waals surface area contributed by atoms with E-state index in [2.05, 4.69) is 19.9 Å². The molecular formula is C30H45NO6S3. The molecule has 0 bridgehead atoms. The van der Waals surface area contributed by atoms with Gasteiger partial charge in [0.2, 0.25) is 0 Å². The van der Waals surface area contributed by atoms with E-state index in [4.69, 9.17) is 21.7 Å². The van der Waals surface area contributed by atoms with Gasteiger partial charge in [0.15, 0.2) is 0 Å². The maximum Gasteiger partial charge on any atom is 0.319 e. The number of nitriles is 1. The number of benzene rings is 1. The van der Waals surface area contributed by atoms with E-state index >= 15 is 0 Å². The summed E-state index contributed by atoms with van der Waals surface area (Å²) in [5.41, 5.74) is -0.0415. The summed E-state index contributed by atoms with van der Waals surface area (Å²) in [7, 11) is 0. The third-order valence-electron chi connectivity index (χ3n) is 6.73. The molecule has 0 amide bonds. The van der Waals surface area contributed by atoms with E-state index in [0.717, 1.165) is 43.0 Å². The smallest absolute Gasteiger partial charge is 0.319 e. The highest BCUT2D eigenvalue weighted by atomic mass is 32.2. The number of hydrogen-bond donors (Lipinski definition) is 2. The van der Waals surface area contributed by atoms with Crippen molar-refractivity contribution in [3.8, 4) is 6.07 Å². The van der Waals surface area contributed by atoms with Crippen LogP contribution in [0.3, 0.4) is 0 Å². The van der Waals surface area contributed by atoms with Crippen LogP contribution in [-0.2, 0) is 25.7 Å². The number of hydrogen-bond acceptors (Lipinski definition) is 10. The van der Waals surface area contributed by atoms with Crippen LogP contribution in [0.25, 0.3) is 0 Å². The number of rotatable bonds is 20. The molecule has 0 radical (unpaired) electrons. The number of esters is 2. The molecule has 1 aromatic rings. The minimum absolute atomic E-state index is 0.0502. The highest BCUT2D eigenvalue weighted by Crippen LogP contribution is 2.36. The summed E-state index contributed by atoms with van der Waals surface area (Å²) in [5.74, 6) is -1.02. The second kappa shape index (κ2) is 21.1. The Balaban J connectivity index is 3.17. The third-order valence-corrected chi connectivity index (χ3v) is 9.50. The SMILES string of the molecule is CCCCC(CC)COC(=O)C(CC(SC(=S)SCCO)C(=O)OCc1ccccc1)CC(C)(C#N)CCCO. The Morgan fingerprint density at radius 3 is 2.42 bits per heavy atom. The molecule has 2 N–H and O–H groups in total. The van der Waals surface area contributed by atoms with Crippen LogP contribution in [0.1, 0.15) is 77.7 Å². The van der Waals surface area contributed by atoms with Crippen molar-refractivity contribution >= 4 is 51.2 Å². The summed E-state index contributed by atoms with van der Waals surface area (Å²) in [6.45, 7) is 6.26. The summed E-state index contributed by atoms with van der Waals surface area (Å²) < 4.78 is 11.9. The molecule has 0 saturated heterocycles. The number of carbonyl (C=O) groups excluding carboxylic acids is 2. The Kier molecular flexibility index (Phi) is 19.2. The van der Waals surface area contributed by atoms with Gasteiger partial charge in [0.05, 0.1) is 30.6 Å². The van der Waals surface area contributed by atoms with Gasteiger partial charge in [-0.1, -0.05) is 87.4 Å². The van der Waals surface area contributed by atoms with E-state index < -0.39 is 28.5 Å². The molecule has 0 aliphatic heterocycles. The molecule has 0 aromatic heterocycles. The average Bonchev–Trinajstić information content (AvgIpc) is 2.97. The molecule has 0 aliphatic carbocycles. The molecular weight excluding hydrogens is 567 g/mol. The molecule has 4 atom stereocenters. The van der Waals surface area contributed by atoms with Gasteiger partial charge in [0.25, 0.3) is 0 Å². The van der Waals surface area contributed by atoms with Crippen molar-refractivity contribution < 1.29 is 29.3 Å². The van der Waals surface area contributed by atoms with Crippen molar-refractivity contribution in [3.05, 3.63) is 35.9 Å². The molecule has 0 fully saturated rings. The normalized spacial score (nSPS) is 14.8. The largest absolute Gasteiger partial charge is 0.465 e. The monoisotopic (exact) mass is 611 g/mol. The summed E-state index contributed by atoms with van der Waals surface area (Å²) in [5, 5.41) is 27.7. The number of thiocarbonyl (C=S) groups is 1. The Bertz CT molecular complexity index is 926. The van der Waals surface area contributed by atoms with Crippen LogP contribution < -0.4 is 0 Å². The number of unbranched alkanes of at least 4 members (excludes halogenated alkanes) is 1. The summed E-state index contributed by atoms with van der Waals surface area (Å²) in [6, 6.07) is 11.6. The van der Waals surface area contributed by atoms with Gasteiger partial charge in [-0.05, 0) is 50.5 Å². The number of aliphatic hydroxyl groups excluding tert-OH is 2. The number of ether oxygens (including phenoxy) is 2. The van der Waals surface area contributed by atoms with Gasteiger partial charge in [-0.3, -0.25) is 9.59 Å². The summed E-state index contributed by atoms with van der Waals surface area (Å²) in [6.07, 6.45) is 5.12. The first-order valence-electron chi connectivity index (χ1n) is 14.0. The molecule has 10 heteroatoms. The molecule has 0 aliphatic rings. The maximum atomic E-state index is 13.5. The number of thioether (sulfide) groups is 2. The van der Waals surface area contributed by atoms with Gasteiger partial charge in [-0.15, -0.1) is 11.8 Å². The van der Waals surface area contributed by atoms with Crippen molar-refractivity contribution in [1.29, 1.82) is 5.26 Å². The van der Waals surface area contributed by atoms with E-state index in [1.54, 1.807) is 6.92 Å². The summed E-state index contributed by atoms with van der Waals surface area (Å²) >= 11 is 7.86. The van der Waals surface area contributed by atoms with E-state index in [-0.39, 0.29) is 38.6 Å². The van der Waals surface area contributed by atoms with E-state index in [1.165, 1.54) is 11.8 Å². The van der Waals surface area contributed by atoms with Crippen LogP contribution in [0.5, 0.6) is 0 Å². The lowest BCUT2D eigenvalue weighted by atomic mass is 9.77. The van der Waals surface area contributed by atoms with Gasteiger partial charge in [-0.25, -0.2) is 0 Å². The Morgan fingerprint density at radius 2 is 1.82 bits per heavy atom. The van der Waals surface area contributed by atoms with Crippen molar-refractivity contribution in [2.75, 3.05) is 25.6 Å². The number of carbonyl (C=O) groups is 2. The van der Waals surface area contributed by atoms with Crippen LogP contribution >= 0.6 is 35.7 Å². The Labute approximate surface area is 253 Å². The number of aliphatic hydroxyl groups is 2. The van der Waals surface area contributed by atoms with Crippen molar-refractivity contribution in [1.82, 2.24) is 0 Å². The molecule has 7 nitrogen and oxygen atoms in total. The second-order valence-corrected chi connectivity index (χ2v) is 13.7. The predicted molar refractivity (Wildman–Crippen MR) is 167 cm³/mol. The lowest BCUT2D eigenvalue weighted by Gasteiger charge is -2.28. The molecule has 1 aromatic carbocycles. The lowest BCUT2D eigenvalue weighted by molar-refractivity contribution is -0.152. The highest BCUT2D eigenvalue weighted by molar-refractivity contribution is 8.47. The highest BCUT2D eigenvalue weighted by Gasteiger charge is 2.37. The first kappa shape index (κ1) is 36.4. The van der Waals surface area contributed by atoms with Crippen LogP contribution in [0.2, 0.25) is 0 Å². The molecule has 0 heterocycles. The van der Waals surface area contributed by atoms with Crippen LogP contribution in [0.4, 0.5) is 0 Å². The fraction of sp³-hybridized carbons (Fsp3) is 0.667. The third kappa shape index (κ3) is 14.8. The topological polar surface area (TPSA) is 117 Å². The minimum atomic E-state index is -0.881. The van der Waals surface area contributed by atoms with Crippen molar-refractivity contribution in [2.24, 2.45) is 17.3 Å². The first-order valence-corrected chi connectivity index (χ1v) is 16.3. The summed E-state index contributed by atoms with van der Waals surface area (Å²) in [4.78, 5) is 26.8.